The van der Waals surface area contributed by atoms with Gasteiger partial charge in [-0.05, 0) is 58.8 Å². The van der Waals surface area contributed by atoms with Crippen molar-refractivity contribution in [3.05, 3.63) is 35.4 Å². The van der Waals surface area contributed by atoms with E-state index in [1.807, 2.05) is 6.08 Å². The van der Waals surface area contributed by atoms with Crippen LogP contribution in [0.25, 0.3) is 0 Å². The first-order valence-corrected chi connectivity index (χ1v) is 9.77. The van der Waals surface area contributed by atoms with Gasteiger partial charge in [0.05, 0.1) is 5.41 Å². The molecule has 1 spiro atoms. The van der Waals surface area contributed by atoms with Gasteiger partial charge in [0.1, 0.15) is 17.8 Å². The molecular weight excluding hydrogens is 326 g/mol. The molecule has 1 aromatic carbocycles. The van der Waals surface area contributed by atoms with E-state index in [1.165, 1.54) is 11.1 Å². The summed E-state index contributed by atoms with van der Waals surface area (Å²) >= 11 is 0. The second-order valence-electron chi connectivity index (χ2n) is 9.73. The zero-order valence-corrected chi connectivity index (χ0v) is 16.4. The zero-order chi connectivity index (χ0) is 18.5. The molecule has 2 heterocycles. The van der Waals surface area contributed by atoms with Crippen molar-refractivity contribution in [2.24, 2.45) is 5.41 Å². The lowest BCUT2D eigenvalue weighted by atomic mass is 9.46. The van der Waals surface area contributed by atoms with Crippen LogP contribution >= 0.6 is 0 Å². The maximum atomic E-state index is 10.8. The monoisotopic (exact) mass is 355 g/mol. The molecule has 5 atom stereocenters. The van der Waals surface area contributed by atoms with Gasteiger partial charge in [0, 0.05) is 17.0 Å². The molecule has 140 valence electrons. The van der Waals surface area contributed by atoms with Crippen LogP contribution in [0.5, 0.6) is 11.5 Å². The Labute approximate surface area is 155 Å². The Hall–Kier alpha value is -1.52. The van der Waals surface area contributed by atoms with E-state index in [0.717, 1.165) is 30.9 Å². The average molecular weight is 355 g/mol. The van der Waals surface area contributed by atoms with Crippen molar-refractivity contribution in [1.29, 1.82) is 0 Å². The summed E-state index contributed by atoms with van der Waals surface area (Å²) in [7, 11) is 2.23. The number of hydrogen-bond acceptors (Lipinski definition) is 4. The minimum Gasteiger partial charge on any atom is -0.484 e. The van der Waals surface area contributed by atoms with E-state index in [-0.39, 0.29) is 22.5 Å². The van der Waals surface area contributed by atoms with E-state index in [4.69, 9.17) is 9.47 Å². The van der Waals surface area contributed by atoms with Crippen LogP contribution in [0.1, 0.15) is 45.2 Å². The second-order valence-corrected chi connectivity index (χ2v) is 9.73. The van der Waals surface area contributed by atoms with Crippen LogP contribution in [0.3, 0.4) is 0 Å². The molecule has 2 aliphatic heterocycles. The SMILES string of the molecule is CN1CC[C@]23c4c5ccc(OC(C)(C)C)c4O[C@H]2[C@@H](O)C=C[C@@]3(C)[C@H]1C5. The van der Waals surface area contributed by atoms with E-state index >= 15 is 0 Å². The third-order valence-electron chi connectivity index (χ3n) is 7.21. The van der Waals surface area contributed by atoms with Crippen LogP contribution in [0.15, 0.2) is 24.3 Å². The molecule has 2 bridgehead atoms. The van der Waals surface area contributed by atoms with Crippen LogP contribution in [0.2, 0.25) is 0 Å². The number of likely N-dealkylation sites (tertiary alicyclic amines) is 1. The van der Waals surface area contributed by atoms with Crippen molar-refractivity contribution < 1.29 is 14.6 Å². The molecule has 26 heavy (non-hydrogen) atoms. The van der Waals surface area contributed by atoms with Gasteiger partial charge in [-0.25, -0.2) is 0 Å². The number of rotatable bonds is 1. The fourth-order valence-corrected chi connectivity index (χ4v) is 6.13. The highest BCUT2D eigenvalue weighted by atomic mass is 16.5. The van der Waals surface area contributed by atoms with Gasteiger partial charge in [-0.2, -0.15) is 0 Å². The largest absolute Gasteiger partial charge is 0.484 e. The van der Waals surface area contributed by atoms with Crippen molar-refractivity contribution in [2.45, 2.75) is 69.8 Å². The molecule has 4 heteroatoms. The normalized spacial score (nSPS) is 40.2. The third kappa shape index (κ3) is 1.82. The van der Waals surface area contributed by atoms with Crippen LogP contribution < -0.4 is 9.47 Å². The van der Waals surface area contributed by atoms with Crippen molar-refractivity contribution in [3.8, 4) is 11.5 Å². The molecule has 1 saturated heterocycles. The van der Waals surface area contributed by atoms with Gasteiger partial charge in [-0.3, -0.25) is 0 Å². The highest BCUT2D eigenvalue weighted by Gasteiger charge is 2.69. The Morgan fingerprint density at radius 2 is 2.08 bits per heavy atom. The first kappa shape index (κ1) is 16.6. The molecule has 4 aliphatic rings. The highest BCUT2D eigenvalue weighted by molar-refractivity contribution is 5.63. The van der Waals surface area contributed by atoms with E-state index in [0.29, 0.717) is 6.04 Å². The lowest BCUT2D eigenvalue weighted by molar-refractivity contribution is -0.0893. The number of aliphatic hydroxyl groups is 1. The molecule has 1 aromatic rings. The molecule has 0 radical (unpaired) electrons. The molecule has 1 N–H and O–H groups in total. The molecule has 4 nitrogen and oxygen atoms in total. The summed E-state index contributed by atoms with van der Waals surface area (Å²) < 4.78 is 12.8. The summed E-state index contributed by atoms with van der Waals surface area (Å²) in [5.74, 6) is 1.69. The van der Waals surface area contributed by atoms with E-state index in [9.17, 15) is 5.11 Å². The summed E-state index contributed by atoms with van der Waals surface area (Å²) in [6.45, 7) is 9.58. The second kappa shape index (κ2) is 4.85. The fraction of sp³-hybridized carbons (Fsp3) is 0.636. The summed E-state index contributed by atoms with van der Waals surface area (Å²) in [5, 5.41) is 10.8. The minimum atomic E-state index is -0.576. The van der Waals surface area contributed by atoms with Gasteiger partial charge < -0.3 is 19.5 Å². The topological polar surface area (TPSA) is 41.9 Å². The number of benzene rings is 1. The molecule has 0 saturated carbocycles. The highest BCUT2D eigenvalue weighted by Crippen LogP contribution is 2.67. The van der Waals surface area contributed by atoms with Gasteiger partial charge >= 0.3 is 0 Å². The summed E-state index contributed by atoms with van der Waals surface area (Å²) in [4.78, 5) is 2.49. The lowest BCUT2D eigenvalue weighted by Gasteiger charge is -2.62. The summed E-state index contributed by atoms with van der Waals surface area (Å²) in [5.41, 5.74) is 2.17. The molecule has 0 aromatic heterocycles. The maximum Gasteiger partial charge on any atom is 0.166 e. The zero-order valence-electron chi connectivity index (χ0n) is 16.4. The van der Waals surface area contributed by atoms with Gasteiger partial charge in [0.2, 0.25) is 0 Å². The Bertz CT molecular complexity index is 810. The fourth-order valence-electron chi connectivity index (χ4n) is 6.13. The van der Waals surface area contributed by atoms with Crippen molar-refractivity contribution in [1.82, 2.24) is 4.90 Å². The van der Waals surface area contributed by atoms with E-state index in [1.54, 1.807) is 0 Å². The first-order chi connectivity index (χ1) is 12.2. The van der Waals surface area contributed by atoms with E-state index < -0.39 is 6.10 Å². The van der Waals surface area contributed by atoms with Crippen molar-refractivity contribution in [3.63, 3.8) is 0 Å². The van der Waals surface area contributed by atoms with E-state index in [2.05, 4.69) is 57.9 Å². The predicted octanol–water partition coefficient (Wildman–Crippen LogP) is 3.06. The smallest absolute Gasteiger partial charge is 0.166 e. The summed E-state index contributed by atoms with van der Waals surface area (Å²) in [6, 6.07) is 4.72. The van der Waals surface area contributed by atoms with Crippen molar-refractivity contribution >= 4 is 0 Å². The third-order valence-corrected chi connectivity index (χ3v) is 7.21. The number of nitrogens with zero attached hydrogens (tertiary/aromatic N) is 1. The standard InChI is InChI=1S/C22H29NO3/c1-20(2,3)26-15-7-6-13-12-16-21(4)9-8-14(24)19-22(21,10-11-23(16)5)17(13)18(15)25-19/h6-9,14,16,19,24H,10-12H2,1-5H3/t14-,16+,19-,21-,22-/m0/s1. The number of ether oxygens (including phenoxy) is 2. The van der Waals surface area contributed by atoms with Gasteiger partial charge in [0.15, 0.2) is 11.5 Å². The molecule has 5 rings (SSSR count). The van der Waals surface area contributed by atoms with Crippen LogP contribution in [0.4, 0.5) is 0 Å². The minimum absolute atomic E-state index is 0.0392. The molecular formula is C22H29NO3. The van der Waals surface area contributed by atoms with Crippen molar-refractivity contribution in [2.75, 3.05) is 13.6 Å². The first-order valence-electron chi connectivity index (χ1n) is 9.77. The number of aliphatic hydroxyl groups excluding tert-OH is 1. The lowest BCUT2D eigenvalue weighted by Crippen LogP contribution is -2.70. The molecule has 2 aliphatic carbocycles. The quantitative estimate of drug-likeness (QED) is 0.786. The van der Waals surface area contributed by atoms with Gasteiger partial charge in [-0.1, -0.05) is 25.1 Å². The Kier molecular flexibility index (Phi) is 3.10. The predicted molar refractivity (Wildman–Crippen MR) is 101 cm³/mol. The number of hydrogen-bond donors (Lipinski definition) is 1. The van der Waals surface area contributed by atoms with Crippen LogP contribution in [0, 0.1) is 5.41 Å². The van der Waals surface area contributed by atoms with Crippen LogP contribution in [-0.4, -0.2) is 47.4 Å². The molecule has 0 unspecified atom stereocenters. The van der Waals surface area contributed by atoms with Crippen LogP contribution in [-0.2, 0) is 11.8 Å². The molecule has 0 amide bonds. The Balaban J connectivity index is 1.78. The molecule has 1 fully saturated rings. The van der Waals surface area contributed by atoms with Gasteiger partial charge in [-0.15, -0.1) is 0 Å². The Morgan fingerprint density at radius 1 is 1.31 bits per heavy atom. The maximum absolute atomic E-state index is 10.8. The van der Waals surface area contributed by atoms with Gasteiger partial charge in [0.25, 0.3) is 0 Å². The average Bonchev–Trinajstić information content (AvgIpc) is 2.90. The number of likely N-dealkylation sites (N-methyl/N-ethyl adjacent to an activating group) is 1. The summed E-state index contributed by atoms with van der Waals surface area (Å²) in [6.07, 6.45) is 5.44. The number of piperidine rings is 1. The Morgan fingerprint density at radius 3 is 2.81 bits per heavy atom.